The first-order valence-corrected chi connectivity index (χ1v) is 12.0. The number of para-hydroxylation sites is 1. The first kappa shape index (κ1) is 23.0. The first-order valence-electron chi connectivity index (χ1n) is 11.6. The zero-order chi connectivity index (χ0) is 24.4. The summed E-state index contributed by atoms with van der Waals surface area (Å²) in [5, 5.41) is 5.39. The van der Waals surface area contributed by atoms with Crippen molar-refractivity contribution in [3.8, 4) is 22.7 Å². The first-order chi connectivity index (χ1) is 17.0. The van der Waals surface area contributed by atoms with Crippen molar-refractivity contribution in [1.29, 1.82) is 0 Å². The van der Waals surface area contributed by atoms with Gasteiger partial charge in [0.15, 0.2) is 0 Å². The van der Waals surface area contributed by atoms with Crippen LogP contribution in [0.15, 0.2) is 78.9 Å². The lowest BCUT2D eigenvalue weighted by molar-refractivity contribution is 0.0737. The molecule has 0 saturated carbocycles. The number of nitrogens with zero attached hydrogens (tertiary/aromatic N) is 4. The fourth-order valence-electron chi connectivity index (χ4n) is 4.49. The highest BCUT2D eigenvalue weighted by Gasteiger charge is 2.27. The Morgan fingerprint density at radius 2 is 1.69 bits per heavy atom. The Morgan fingerprint density at radius 3 is 2.43 bits per heavy atom. The van der Waals surface area contributed by atoms with E-state index in [1.165, 1.54) is 11.3 Å². The Labute approximate surface area is 210 Å². The van der Waals surface area contributed by atoms with Crippen molar-refractivity contribution in [2.45, 2.75) is 6.92 Å². The number of ether oxygens (including phenoxy) is 1. The van der Waals surface area contributed by atoms with Gasteiger partial charge in [-0.3, -0.25) is 4.79 Å². The van der Waals surface area contributed by atoms with Crippen LogP contribution < -0.4 is 9.64 Å². The number of carbonyl (C=O) groups excluding carboxylic acids is 1. The molecule has 1 aliphatic rings. The van der Waals surface area contributed by atoms with Gasteiger partial charge in [-0.2, -0.15) is 5.10 Å². The summed E-state index contributed by atoms with van der Waals surface area (Å²) in [5.74, 6) is 0.691. The van der Waals surface area contributed by atoms with E-state index in [1.54, 1.807) is 11.8 Å². The van der Waals surface area contributed by atoms with Crippen LogP contribution in [0.4, 0.5) is 5.69 Å². The van der Waals surface area contributed by atoms with Gasteiger partial charge < -0.3 is 14.5 Å². The summed E-state index contributed by atoms with van der Waals surface area (Å²) in [7, 11) is 1.63. The molecule has 0 radical (unpaired) electrons. The largest absolute Gasteiger partial charge is 0.497 e. The number of anilines is 1. The molecule has 35 heavy (non-hydrogen) atoms. The number of rotatable bonds is 5. The molecular formula is C28H27ClN4O2. The Balaban J connectivity index is 1.45. The van der Waals surface area contributed by atoms with Crippen molar-refractivity contribution in [3.05, 3.63) is 95.1 Å². The predicted octanol–water partition coefficient (Wildman–Crippen LogP) is 5.47. The fourth-order valence-corrected chi connectivity index (χ4v) is 4.68. The molecule has 0 spiro atoms. The number of halogens is 1. The van der Waals surface area contributed by atoms with Gasteiger partial charge in [0.05, 0.1) is 18.5 Å². The van der Waals surface area contributed by atoms with Gasteiger partial charge in [-0.1, -0.05) is 48.0 Å². The average Bonchev–Trinajstić information content (AvgIpc) is 3.34. The molecule has 5 rings (SSSR count). The highest BCUT2D eigenvalue weighted by molar-refractivity contribution is 6.30. The maximum absolute atomic E-state index is 13.7. The number of hydrogen-bond acceptors (Lipinski definition) is 4. The zero-order valence-electron chi connectivity index (χ0n) is 19.8. The van der Waals surface area contributed by atoms with E-state index in [-0.39, 0.29) is 5.91 Å². The van der Waals surface area contributed by atoms with Crippen molar-refractivity contribution in [2.24, 2.45) is 0 Å². The van der Waals surface area contributed by atoms with E-state index in [0.29, 0.717) is 29.5 Å². The summed E-state index contributed by atoms with van der Waals surface area (Å²) in [6.07, 6.45) is 0. The molecule has 0 unspecified atom stereocenters. The lowest BCUT2D eigenvalue weighted by Crippen LogP contribution is -2.49. The zero-order valence-corrected chi connectivity index (χ0v) is 20.6. The van der Waals surface area contributed by atoms with E-state index in [0.717, 1.165) is 30.1 Å². The molecule has 1 amide bonds. The van der Waals surface area contributed by atoms with E-state index in [4.69, 9.17) is 21.4 Å². The van der Waals surface area contributed by atoms with E-state index in [9.17, 15) is 4.79 Å². The fraction of sp³-hybridized carbons (Fsp3) is 0.214. The molecule has 1 aliphatic heterocycles. The maximum Gasteiger partial charge on any atom is 0.272 e. The average molecular weight is 487 g/mol. The minimum atomic E-state index is -0.0453. The highest BCUT2D eigenvalue weighted by atomic mass is 35.5. The summed E-state index contributed by atoms with van der Waals surface area (Å²) in [5.41, 5.74) is 5.30. The van der Waals surface area contributed by atoms with Crippen LogP contribution >= 0.6 is 11.6 Å². The van der Waals surface area contributed by atoms with Gasteiger partial charge in [0.25, 0.3) is 5.91 Å². The molecule has 0 aliphatic carbocycles. The molecule has 0 N–H and O–H groups in total. The Bertz CT molecular complexity index is 1360. The minimum Gasteiger partial charge on any atom is -0.497 e. The molecule has 4 aromatic rings. The summed E-state index contributed by atoms with van der Waals surface area (Å²) < 4.78 is 7.07. The Hall–Kier alpha value is -3.77. The Morgan fingerprint density at radius 1 is 0.914 bits per heavy atom. The number of amides is 1. The topological polar surface area (TPSA) is 50.6 Å². The minimum absolute atomic E-state index is 0.0453. The van der Waals surface area contributed by atoms with Crippen molar-refractivity contribution >= 4 is 23.2 Å². The molecule has 2 heterocycles. The van der Waals surface area contributed by atoms with Crippen LogP contribution in [0.25, 0.3) is 16.9 Å². The van der Waals surface area contributed by atoms with Gasteiger partial charge in [-0.25, -0.2) is 4.68 Å². The summed E-state index contributed by atoms with van der Waals surface area (Å²) in [6.45, 7) is 4.97. The maximum atomic E-state index is 13.7. The smallest absolute Gasteiger partial charge is 0.272 e. The molecule has 3 aromatic carbocycles. The highest BCUT2D eigenvalue weighted by Crippen LogP contribution is 2.27. The normalized spacial score (nSPS) is 13.7. The number of aromatic nitrogens is 2. The van der Waals surface area contributed by atoms with E-state index < -0.39 is 0 Å². The standard InChI is InChI=1S/C28H27ClN4O2/c1-20-7-3-4-12-26(20)31-13-15-32(16-14-31)28(34)27-19-25(21-8-5-11-24(17-21)35-2)30-33(27)23-10-6-9-22(29)18-23/h3-12,17-19H,13-16H2,1-2H3. The number of piperazine rings is 1. The summed E-state index contributed by atoms with van der Waals surface area (Å²) in [4.78, 5) is 18.0. The number of hydrogen-bond donors (Lipinski definition) is 0. The van der Waals surface area contributed by atoms with Gasteiger partial charge in [-0.15, -0.1) is 0 Å². The Kier molecular flexibility index (Phi) is 6.47. The second-order valence-electron chi connectivity index (χ2n) is 8.60. The van der Waals surface area contributed by atoms with Gasteiger partial charge in [-0.05, 0) is 55.0 Å². The third-order valence-electron chi connectivity index (χ3n) is 6.37. The third kappa shape index (κ3) is 4.75. The molecular weight excluding hydrogens is 460 g/mol. The van der Waals surface area contributed by atoms with E-state index in [1.807, 2.05) is 59.5 Å². The van der Waals surface area contributed by atoms with Crippen molar-refractivity contribution < 1.29 is 9.53 Å². The van der Waals surface area contributed by atoms with Crippen LogP contribution in [-0.4, -0.2) is 53.9 Å². The van der Waals surface area contributed by atoms with Gasteiger partial charge in [0.2, 0.25) is 0 Å². The quantitative estimate of drug-likeness (QED) is 0.375. The van der Waals surface area contributed by atoms with Crippen LogP contribution in [-0.2, 0) is 0 Å². The molecule has 1 fully saturated rings. The number of benzene rings is 3. The van der Waals surface area contributed by atoms with Gasteiger partial charge in [0.1, 0.15) is 11.4 Å². The predicted molar refractivity (Wildman–Crippen MR) is 140 cm³/mol. The number of aryl methyl sites for hydroxylation is 1. The van der Waals surface area contributed by atoms with Crippen LogP contribution in [0.2, 0.25) is 5.02 Å². The van der Waals surface area contributed by atoms with Crippen LogP contribution in [0.3, 0.4) is 0 Å². The lowest BCUT2D eigenvalue weighted by Gasteiger charge is -2.36. The third-order valence-corrected chi connectivity index (χ3v) is 6.60. The van der Waals surface area contributed by atoms with E-state index >= 15 is 0 Å². The van der Waals surface area contributed by atoms with Crippen LogP contribution in [0, 0.1) is 6.92 Å². The SMILES string of the molecule is COc1cccc(-c2cc(C(=O)N3CCN(c4ccccc4C)CC3)n(-c3cccc(Cl)c3)n2)c1. The number of carbonyl (C=O) groups is 1. The molecule has 0 bridgehead atoms. The van der Waals surface area contributed by atoms with Crippen LogP contribution in [0.5, 0.6) is 5.75 Å². The monoisotopic (exact) mass is 486 g/mol. The van der Waals surface area contributed by atoms with Crippen molar-refractivity contribution in [2.75, 3.05) is 38.2 Å². The molecule has 6 nitrogen and oxygen atoms in total. The second-order valence-corrected chi connectivity index (χ2v) is 9.04. The van der Waals surface area contributed by atoms with Crippen molar-refractivity contribution in [1.82, 2.24) is 14.7 Å². The molecule has 1 aromatic heterocycles. The summed E-state index contributed by atoms with van der Waals surface area (Å²) in [6, 6.07) is 25.3. The molecule has 7 heteroatoms. The molecule has 178 valence electrons. The molecule has 0 atom stereocenters. The van der Waals surface area contributed by atoms with Crippen LogP contribution in [0.1, 0.15) is 16.1 Å². The van der Waals surface area contributed by atoms with Crippen molar-refractivity contribution in [3.63, 3.8) is 0 Å². The number of methoxy groups -OCH3 is 1. The molecule has 1 saturated heterocycles. The van der Waals surface area contributed by atoms with E-state index in [2.05, 4.69) is 36.1 Å². The lowest BCUT2D eigenvalue weighted by atomic mass is 10.1. The summed E-state index contributed by atoms with van der Waals surface area (Å²) >= 11 is 6.27. The van der Waals surface area contributed by atoms with Gasteiger partial charge >= 0.3 is 0 Å². The van der Waals surface area contributed by atoms with Gasteiger partial charge in [0, 0.05) is 42.5 Å². The second kappa shape index (κ2) is 9.84.